The number of rotatable bonds is 1. The first-order chi connectivity index (χ1) is 6.71. The molecule has 0 aromatic carbocycles. The molecule has 2 fully saturated rings. The van der Waals surface area contributed by atoms with Crippen molar-refractivity contribution < 1.29 is 10.2 Å². The van der Waals surface area contributed by atoms with Crippen LogP contribution in [0.2, 0.25) is 0 Å². The summed E-state index contributed by atoms with van der Waals surface area (Å²) in [5, 5.41) is 23.0. The van der Waals surface area contributed by atoms with E-state index in [9.17, 15) is 10.2 Å². The molecule has 0 unspecified atom stereocenters. The van der Waals surface area contributed by atoms with Crippen molar-refractivity contribution in [2.75, 3.05) is 26.2 Å². The van der Waals surface area contributed by atoms with Gasteiger partial charge in [-0.15, -0.1) is 0 Å². The van der Waals surface area contributed by atoms with Crippen LogP contribution in [-0.2, 0) is 0 Å². The molecule has 0 saturated carbocycles. The summed E-state index contributed by atoms with van der Waals surface area (Å²) >= 11 is 0. The van der Waals surface area contributed by atoms with Crippen LogP contribution >= 0.6 is 0 Å². The van der Waals surface area contributed by atoms with Gasteiger partial charge < -0.3 is 15.5 Å². The quantitative estimate of drug-likeness (QED) is 0.535. The molecule has 3 N–H and O–H groups in total. The van der Waals surface area contributed by atoms with Crippen LogP contribution in [0, 0.1) is 0 Å². The number of nitrogens with one attached hydrogen (secondary N) is 1. The number of piperidine rings is 2. The van der Waals surface area contributed by atoms with Crippen LogP contribution in [0.15, 0.2) is 0 Å². The minimum absolute atomic E-state index is 0.156. The van der Waals surface area contributed by atoms with Crippen molar-refractivity contribution in [3.8, 4) is 0 Å². The van der Waals surface area contributed by atoms with Gasteiger partial charge in [0.2, 0.25) is 0 Å². The van der Waals surface area contributed by atoms with E-state index >= 15 is 0 Å². The van der Waals surface area contributed by atoms with E-state index in [0.29, 0.717) is 0 Å². The number of nitrogens with zero attached hydrogens (tertiary/aromatic N) is 1. The second kappa shape index (κ2) is 4.14. The molecule has 4 heteroatoms. The Morgan fingerprint density at radius 1 is 1.14 bits per heavy atom. The predicted molar refractivity (Wildman–Crippen MR) is 53.9 cm³/mol. The van der Waals surface area contributed by atoms with Crippen LogP contribution < -0.4 is 5.32 Å². The van der Waals surface area contributed by atoms with E-state index < -0.39 is 5.72 Å². The van der Waals surface area contributed by atoms with Gasteiger partial charge in [-0.3, -0.25) is 4.90 Å². The predicted octanol–water partition coefficient (Wildman–Crippen LogP) is -0.485. The molecule has 0 radical (unpaired) electrons. The molecule has 2 aliphatic heterocycles. The average molecular weight is 200 g/mol. The third-order valence-corrected chi connectivity index (χ3v) is 3.46. The van der Waals surface area contributed by atoms with E-state index in [0.717, 1.165) is 51.9 Å². The summed E-state index contributed by atoms with van der Waals surface area (Å²) in [7, 11) is 0. The smallest absolute Gasteiger partial charge is 0.120 e. The molecule has 0 atom stereocenters. The minimum atomic E-state index is -0.606. The maximum absolute atomic E-state index is 10.4. The Bertz CT molecular complexity index is 185. The van der Waals surface area contributed by atoms with E-state index in [2.05, 4.69) is 10.2 Å². The van der Waals surface area contributed by atoms with Gasteiger partial charge >= 0.3 is 0 Å². The molecule has 14 heavy (non-hydrogen) atoms. The van der Waals surface area contributed by atoms with Gasteiger partial charge in [0.05, 0.1) is 6.10 Å². The van der Waals surface area contributed by atoms with Gasteiger partial charge in [-0.2, -0.15) is 0 Å². The third-order valence-electron chi connectivity index (χ3n) is 3.46. The molecule has 0 bridgehead atoms. The monoisotopic (exact) mass is 200 g/mol. The first-order valence-electron chi connectivity index (χ1n) is 5.57. The van der Waals surface area contributed by atoms with Crippen LogP contribution in [0.1, 0.15) is 25.7 Å². The summed E-state index contributed by atoms with van der Waals surface area (Å²) in [5.41, 5.74) is -0.606. The second-order valence-corrected chi connectivity index (χ2v) is 4.45. The van der Waals surface area contributed by atoms with E-state index in [4.69, 9.17) is 0 Å². The molecule has 2 aliphatic rings. The van der Waals surface area contributed by atoms with Gasteiger partial charge in [0.25, 0.3) is 0 Å². The summed E-state index contributed by atoms with van der Waals surface area (Å²) in [4.78, 5) is 2.14. The van der Waals surface area contributed by atoms with E-state index in [1.807, 2.05) is 0 Å². The molecule has 82 valence electrons. The lowest BCUT2D eigenvalue weighted by Gasteiger charge is -2.45. The Balaban J connectivity index is 1.92. The van der Waals surface area contributed by atoms with Gasteiger partial charge in [-0.05, 0) is 25.9 Å². The Labute approximate surface area is 84.9 Å². The normalized spacial score (nSPS) is 30.4. The van der Waals surface area contributed by atoms with E-state index in [1.54, 1.807) is 0 Å². The second-order valence-electron chi connectivity index (χ2n) is 4.45. The number of hydrogen-bond donors (Lipinski definition) is 3. The van der Waals surface area contributed by atoms with Crippen molar-refractivity contribution in [1.82, 2.24) is 10.2 Å². The minimum Gasteiger partial charge on any atom is -0.393 e. The molecule has 0 aromatic rings. The highest BCUT2D eigenvalue weighted by molar-refractivity contribution is 4.87. The lowest BCUT2D eigenvalue weighted by Crippen LogP contribution is -2.57. The molecule has 0 aliphatic carbocycles. The summed E-state index contributed by atoms with van der Waals surface area (Å²) in [6.45, 7) is 3.46. The first-order valence-corrected chi connectivity index (χ1v) is 5.57. The molecule has 2 saturated heterocycles. The summed E-state index contributed by atoms with van der Waals surface area (Å²) in [6, 6.07) is 0. The van der Waals surface area contributed by atoms with Crippen LogP contribution in [0.3, 0.4) is 0 Å². The highest BCUT2D eigenvalue weighted by atomic mass is 16.3. The van der Waals surface area contributed by atoms with Crippen LogP contribution in [-0.4, -0.2) is 53.1 Å². The highest BCUT2D eigenvalue weighted by Gasteiger charge is 2.37. The Morgan fingerprint density at radius 3 is 2.29 bits per heavy atom. The molecule has 4 nitrogen and oxygen atoms in total. The molecular weight excluding hydrogens is 180 g/mol. The zero-order chi connectivity index (χ0) is 10.0. The van der Waals surface area contributed by atoms with Gasteiger partial charge in [-0.25, -0.2) is 0 Å². The van der Waals surface area contributed by atoms with Crippen molar-refractivity contribution >= 4 is 0 Å². The van der Waals surface area contributed by atoms with Gasteiger partial charge in [0.1, 0.15) is 5.72 Å². The first kappa shape index (κ1) is 10.4. The van der Waals surface area contributed by atoms with Gasteiger partial charge in [0.15, 0.2) is 0 Å². The van der Waals surface area contributed by atoms with Crippen molar-refractivity contribution in [2.24, 2.45) is 0 Å². The molecule has 2 rings (SSSR count). The number of hydrogen-bond acceptors (Lipinski definition) is 4. The lowest BCUT2D eigenvalue weighted by molar-refractivity contribution is -0.142. The van der Waals surface area contributed by atoms with Crippen molar-refractivity contribution in [3.63, 3.8) is 0 Å². The van der Waals surface area contributed by atoms with E-state index in [-0.39, 0.29) is 6.10 Å². The van der Waals surface area contributed by atoms with Crippen LogP contribution in [0.25, 0.3) is 0 Å². The zero-order valence-electron chi connectivity index (χ0n) is 8.58. The van der Waals surface area contributed by atoms with Crippen LogP contribution in [0.5, 0.6) is 0 Å². The van der Waals surface area contributed by atoms with Crippen molar-refractivity contribution in [1.29, 1.82) is 0 Å². The zero-order valence-corrected chi connectivity index (χ0v) is 8.58. The largest absolute Gasteiger partial charge is 0.393 e. The Hall–Kier alpha value is -0.160. The summed E-state index contributed by atoms with van der Waals surface area (Å²) in [6.07, 6.45) is 3.06. The number of aliphatic hydroxyl groups is 2. The fourth-order valence-corrected chi connectivity index (χ4v) is 2.43. The molecule has 2 heterocycles. The highest BCUT2D eigenvalue weighted by Crippen LogP contribution is 2.26. The fraction of sp³-hybridized carbons (Fsp3) is 1.00. The third kappa shape index (κ3) is 2.08. The van der Waals surface area contributed by atoms with Crippen molar-refractivity contribution in [2.45, 2.75) is 37.5 Å². The maximum Gasteiger partial charge on any atom is 0.120 e. The molecule has 0 spiro atoms. The number of likely N-dealkylation sites (tertiary alicyclic amines) is 1. The maximum atomic E-state index is 10.4. The lowest BCUT2D eigenvalue weighted by atomic mass is 9.96. The number of aliphatic hydroxyl groups excluding tert-OH is 1. The van der Waals surface area contributed by atoms with Gasteiger partial charge in [-0.1, -0.05) is 0 Å². The van der Waals surface area contributed by atoms with E-state index in [1.165, 1.54) is 0 Å². The SMILES string of the molecule is OC1CCN(C2(O)CCNCC2)CC1. The summed E-state index contributed by atoms with van der Waals surface area (Å²) in [5.74, 6) is 0. The summed E-state index contributed by atoms with van der Waals surface area (Å²) < 4.78 is 0. The van der Waals surface area contributed by atoms with Crippen molar-refractivity contribution in [3.05, 3.63) is 0 Å². The Morgan fingerprint density at radius 2 is 1.71 bits per heavy atom. The molecule has 0 aromatic heterocycles. The molecule has 0 amide bonds. The standard InChI is InChI=1S/C10H20N2O2/c13-9-1-7-12(8-2-9)10(14)3-5-11-6-4-10/h9,11,13-14H,1-8H2. The average Bonchev–Trinajstić information content (AvgIpc) is 2.19. The topological polar surface area (TPSA) is 55.7 Å². The van der Waals surface area contributed by atoms with Gasteiger partial charge in [0, 0.05) is 25.9 Å². The van der Waals surface area contributed by atoms with Crippen LogP contribution in [0.4, 0.5) is 0 Å². The Kier molecular flexibility index (Phi) is 3.07. The molecular formula is C10H20N2O2. The fourth-order valence-electron chi connectivity index (χ4n) is 2.43.